The van der Waals surface area contributed by atoms with E-state index in [1.165, 1.54) is 17.6 Å². The summed E-state index contributed by atoms with van der Waals surface area (Å²) in [5, 5.41) is 0. The first-order valence-electron chi connectivity index (χ1n) is 12.3. The summed E-state index contributed by atoms with van der Waals surface area (Å²) in [4.78, 5) is 35.1. The summed E-state index contributed by atoms with van der Waals surface area (Å²) in [5.74, 6) is 0.288. The molecule has 1 aliphatic rings. The van der Waals surface area contributed by atoms with E-state index in [1.807, 2.05) is 18.2 Å². The third kappa shape index (κ3) is 6.66. The van der Waals surface area contributed by atoms with E-state index in [0.29, 0.717) is 30.2 Å². The minimum atomic E-state index is -3.84. The van der Waals surface area contributed by atoms with Gasteiger partial charge < -0.3 is 14.0 Å². The summed E-state index contributed by atoms with van der Waals surface area (Å²) < 4.78 is 35.9. The maximum atomic E-state index is 12.9. The Balaban J connectivity index is 1.41. The third-order valence-electron chi connectivity index (χ3n) is 6.59. The molecule has 2 atom stereocenters. The zero-order chi connectivity index (χ0) is 27.2. The molecule has 0 aliphatic carbocycles. The molecular formula is C27H31N3O7S. The standard InChI is InChI=1S/C27H31N3O7S/c1-27(38(2,33)34,26(32)29-37-25-8-4-6-18-35-25)14-17-30-16-13-21(19-24(30)31)20-9-11-22(12-10-20)36-23-7-3-5-15-28-23/h3,5,7,9-13,15-16,19,25H,4,6,8,14,17-18H2,1-2H3,(H,29,32). The van der Waals surface area contributed by atoms with Crippen molar-refractivity contribution in [3.05, 3.63) is 77.3 Å². The zero-order valence-electron chi connectivity index (χ0n) is 21.3. The number of benzene rings is 1. The number of aromatic nitrogens is 2. The van der Waals surface area contributed by atoms with Crippen LogP contribution in [0.5, 0.6) is 11.6 Å². The Morgan fingerprint density at radius 1 is 1.16 bits per heavy atom. The molecule has 0 radical (unpaired) electrons. The van der Waals surface area contributed by atoms with Gasteiger partial charge >= 0.3 is 0 Å². The van der Waals surface area contributed by atoms with Gasteiger partial charge in [-0.25, -0.2) is 23.7 Å². The van der Waals surface area contributed by atoms with Crippen molar-refractivity contribution in [2.45, 2.75) is 50.2 Å². The second kappa shape index (κ2) is 11.9. The van der Waals surface area contributed by atoms with Crippen molar-refractivity contribution in [3.63, 3.8) is 0 Å². The quantitative estimate of drug-likeness (QED) is 0.387. The van der Waals surface area contributed by atoms with Crippen LogP contribution in [0.3, 0.4) is 0 Å². The third-order valence-corrected chi connectivity index (χ3v) is 8.62. The highest BCUT2D eigenvalue weighted by molar-refractivity contribution is 7.92. The van der Waals surface area contributed by atoms with Crippen LogP contribution >= 0.6 is 0 Å². The highest BCUT2D eigenvalue weighted by atomic mass is 32.2. The van der Waals surface area contributed by atoms with E-state index in [2.05, 4.69) is 10.5 Å². The van der Waals surface area contributed by atoms with E-state index in [1.54, 1.807) is 42.7 Å². The number of carbonyl (C=O) groups excluding carboxylic acids is 1. The largest absolute Gasteiger partial charge is 0.439 e. The lowest BCUT2D eigenvalue weighted by molar-refractivity contribution is -0.201. The molecule has 1 aliphatic heterocycles. The van der Waals surface area contributed by atoms with Crippen molar-refractivity contribution in [2.24, 2.45) is 0 Å². The number of rotatable bonds is 10. The van der Waals surface area contributed by atoms with Gasteiger partial charge in [0.2, 0.25) is 5.88 Å². The summed E-state index contributed by atoms with van der Waals surface area (Å²) >= 11 is 0. The lowest BCUT2D eigenvalue weighted by Gasteiger charge is -2.28. The fourth-order valence-corrected chi connectivity index (χ4v) is 4.79. The highest BCUT2D eigenvalue weighted by Gasteiger charge is 2.44. The van der Waals surface area contributed by atoms with E-state index in [4.69, 9.17) is 14.3 Å². The number of amides is 1. The van der Waals surface area contributed by atoms with E-state index < -0.39 is 26.8 Å². The van der Waals surface area contributed by atoms with Crippen molar-refractivity contribution < 1.29 is 27.5 Å². The number of ether oxygens (including phenoxy) is 2. The average Bonchev–Trinajstić information content (AvgIpc) is 2.92. The molecule has 202 valence electrons. The van der Waals surface area contributed by atoms with Gasteiger partial charge in [0.05, 0.1) is 0 Å². The Morgan fingerprint density at radius 2 is 1.95 bits per heavy atom. The SMILES string of the molecule is CC(CCn1ccc(-c2ccc(Oc3ccccn3)cc2)cc1=O)(C(=O)NOC1CCCCO1)S(C)(=O)=O. The summed E-state index contributed by atoms with van der Waals surface area (Å²) in [5.41, 5.74) is 3.44. The Morgan fingerprint density at radius 3 is 2.58 bits per heavy atom. The van der Waals surface area contributed by atoms with Crippen molar-refractivity contribution in [1.82, 2.24) is 15.0 Å². The van der Waals surface area contributed by atoms with Gasteiger partial charge in [-0.2, -0.15) is 0 Å². The van der Waals surface area contributed by atoms with E-state index >= 15 is 0 Å². The van der Waals surface area contributed by atoms with Crippen molar-refractivity contribution in [1.29, 1.82) is 0 Å². The minimum Gasteiger partial charge on any atom is -0.439 e. The van der Waals surface area contributed by atoms with E-state index in [0.717, 1.165) is 24.7 Å². The van der Waals surface area contributed by atoms with Gasteiger partial charge in [-0.1, -0.05) is 18.2 Å². The van der Waals surface area contributed by atoms with Crippen molar-refractivity contribution >= 4 is 15.7 Å². The Hall–Kier alpha value is -3.54. The molecule has 1 aromatic carbocycles. The van der Waals surface area contributed by atoms with Crippen LogP contribution in [0.1, 0.15) is 32.6 Å². The zero-order valence-corrected chi connectivity index (χ0v) is 22.1. The van der Waals surface area contributed by atoms with Gasteiger partial charge in [0.25, 0.3) is 11.5 Å². The number of hydroxylamine groups is 1. The Labute approximate surface area is 221 Å². The first kappa shape index (κ1) is 27.5. The Kier molecular flexibility index (Phi) is 8.60. The summed E-state index contributed by atoms with van der Waals surface area (Å²) in [7, 11) is -3.84. The van der Waals surface area contributed by atoms with E-state index in [-0.39, 0.29) is 18.5 Å². The number of hydrogen-bond donors (Lipinski definition) is 1. The molecule has 2 unspecified atom stereocenters. The van der Waals surface area contributed by atoms with Gasteiger partial charge in [-0.05, 0) is 61.6 Å². The first-order valence-corrected chi connectivity index (χ1v) is 14.2. The number of nitrogens with one attached hydrogen (secondary N) is 1. The van der Waals surface area contributed by atoms with Gasteiger partial charge in [0.15, 0.2) is 20.9 Å². The normalized spacial score (nSPS) is 17.4. The number of nitrogens with zero attached hydrogens (tertiary/aromatic N) is 2. The molecule has 2 aromatic heterocycles. The number of carbonyl (C=O) groups is 1. The summed E-state index contributed by atoms with van der Waals surface area (Å²) in [6.45, 7) is 1.87. The molecule has 11 heteroatoms. The molecule has 4 rings (SSSR count). The van der Waals surface area contributed by atoms with Gasteiger partial charge in [-0.3, -0.25) is 9.59 Å². The summed E-state index contributed by atoms with van der Waals surface area (Å²) in [6, 6.07) is 15.8. The molecule has 38 heavy (non-hydrogen) atoms. The van der Waals surface area contributed by atoms with Crippen LogP contribution in [-0.2, 0) is 30.8 Å². The average molecular weight is 542 g/mol. The number of pyridine rings is 2. The second-order valence-corrected chi connectivity index (χ2v) is 11.8. The lowest BCUT2D eigenvalue weighted by atomic mass is 10.1. The smallest absolute Gasteiger partial charge is 0.264 e. The van der Waals surface area contributed by atoms with Crippen LogP contribution < -0.4 is 15.8 Å². The molecule has 3 heterocycles. The molecule has 1 saturated heterocycles. The predicted octanol–water partition coefficient (Wildman–Crippen LogP) is 3.47. The van der Waals surface area contributed by atoms with Gasteiger partial charge in [0.1, 0.15) is 5.75 Å². The topological polar surface area (TPSA) is 126 Å². The molecule has 1 N–H and O–H groups in total. The molecule has 1 fully saturated rings. The second-order valence-electron chi connectivity index (χ2n) is 9.34. The highest BCUT2D eigenvalue weighted by Crippen LogP contribution is 2.25. The first-order chi connectivity index (χ1) is 18.2. The molecular weight excluding hydrogens is 510 g/mol. The lowest BCUT2D eigenvalue weighted by Crippen LogP contribution is -2.51. The Bertz CT molecular complexity index is 1400. The monoisotopic (exact) mass is 541 g/mol. The van der Waals surface area contributed by atoms with Gasteiger partial charge in [-0.15, -0.1) is 0 Å². The van der Waals surface area contributed by atoms with Crippen LogP contribution in [0.15, 0.2) is 71.8 Å². The number of sulfone groups is 1. The maximum Gasteiger partial charge on any atom is 0.264 e. The van der Waals surface area contributed by atoms with Crippen molar-refractivity contribution in [2.75, 3.05) is 12.9 Å². The molecule has 1 amide bonds. The molecule has 0 bridgehead atoms. The summed E-state index contributed by atoms with van der Waals surface area (Å²) in [6.07, 6.45) is 5.91. The van der Waals surface area contributed by atoms with E-state index in [9.17, 15) is 18.0 Å². The van der Waals surface area contributed by atoms with Crippen LogP contribution in [0.2, 0.25) is 0 Å². The van der Waals surface area contributed by atoms with Crippen LogP contribution in [0.4, 0.5) is 0 Å². The fraction of sp³-hybridized carbons (Fsp3) is 0.370. The predicted molar refractivity (Wildman–Crippen MR) is 141 cm³/mol. The number of hydrogen-bond acceptors (Lipinski definition) is 8. The molecule has 0 spiro atoms. The molecule has 10 nitrogen and oxygen atoms in total. The molecule has 0 saturated carbocycles. The molecule has 3 aromatic rings. The van der Waals surface area contributed by atoms with Gasteiger partial charge in [0, 0.05) is 50.4 Å². The number of aryl methyl sites for hydroxylation is 1. The van der Waals surface area contributed by atoms with Crippen LogP contribution in [-0.4, -0.2) is 47.8 Å². The van der Waals surface area contributed by atoms with Crippen molar-refractivity contribution in [3.8, 4) is 22.8 Å². The minimum absolute atomic E-state index is 0.0207. The fourth-order valence-electron chi connectivity index (χ4n) is 3.95. The van der Waals surface area contributed by atoms with Crippen LogP contribution in [0.25, 0.3) is 11.1 Å². The maximum absolute atomic E-state index is 12.9. The van der Waals surface area contributed by atoms with Crippen LogP contribution in [0, 0.1) is 0 Å².